The van der Waals surface area contributed by atoms with Crippen LogP contribution >= 0.6 is 0 Å². The van der Waals surface area contributed by atoms with E-state index in [0.717, 1.165) is 45.6 Å². The summed E-state index contributed by atoms with van der Waals surface area (Å²) in [5, 5.41) is 4.36. The molecule has 0 aromatic carbocycles. The highest BCUT2D eigenvalue weighted by Crippen LogP contribution is 2.22. The van der Waals surface area contributed by atoms with Gasteiger partial charge in [-0.2, -0.15) is 5.10 Å². The molecule has 1 saturated heterocycles. The van der Waals surface area contributed by atoms with E-state index in [1.807, 2.05) is 23.3 Å². The molecule has 1 aliphatic rings. The summed E-state index contributed by atoms with van der Waals surface area (Å²) in [6.45, 7) is 9.05. The minimum atomic E-state index is 0.157. The second kappa shape index (κ2) is 7.70. The minimum Gasteiger partial charge on any atom is -0.371 e. The van der Waals surface area contributed by atoms with Crippen LogP contribution in [0.25, 0.3) is 0 Å². The molecule has 5 nitrogen and oxygen atoms in total. The molecule has 0 aliphatic carbocycles. The fourth-order valence-electron chi connectivity index (χ4n) is 3.08. The first-order chi connectivity index (χ1) is 11.3. The summed E-state index contributed by atoms with van der Waals surface area (Å²) in [5.74, 6) is 0. The van der Waals surface area contributed by atoms with Gasteiger partial charge in [0, 0.05) is 43.8 Å². The molecule has 0 radical (unpaired) electrons. The van der Waals surface area contributed by atoms with Crippen LogP contribution in [0.5, 0.6) is 0 Å². The second-order valence-corrected chi connectivity index (χ2v) is 6.20. The molecule has 2 aromatic heterocycles. The van der Waals surface area contributed by atoms with Gasteiger partial charge >= 0.3 is 0 Å². The SMILES string of the molecule is CCn1cc(C2CN(CCCc3cnccc3C)CCO2)cn1. The summed E-state index contributed by atoms with van der Waals surface area (Å²) in [4.78, 5) is 6.73. The van der Waals surface area contributed by atoms with E-state index in [4.69, 9.17) is 4.74 Å². The number of rotatable bonds is 6. The van der Waals surface area contributed by atoms with Crippen molar-refractivity contribution in [2.24, 2.45) is 0 Å². The van der Waals surface area contributed by atoms with Crippen LogP contribution in [0, 0.1) is 6.92 Å². The quantitative estimate of drug-likeness (QED) is 0.822. The van der Waals surface area contributed by atoms with Gasteiger partial charge in [0.2, 0.25) is 0 Å². The standard InChI is InChI=1S/C18H26N4O/c1-3-22-13-17(12-20-22)18-14-21(9-10-23-18)8-4-5-16-11-19-7-6-15(16)2/h6-7,11-13,18H,3-5,8-10,14H2,1-2H3. The van der Waals surface area contributed by atoms with E-state index in [2.05, 4.69) is 41.1 Å². The first kappa shape index (κ1) is 16.1. The molecule has 0 bridgehead atoms. The van der Waals surface area contributed by atoms with Gasteiger partial charge in [0.1, 0.15) is 0 Å². The molecule has 0 amide bonds. The number of aryl methyl sites for hydroxylation is 3. The molecule has 2 aromatic rings. The molecule has 1 fully saturated rings. The molecule has 0 spiro atoms. The van der Waals surface area contributed by atoms with Crippen molar-refractivity contribution < 1.29 is 4.74 Å². The van der Waals surface area contributed by atoms with Gasteiger partial charge in [0.25, 0.3) is 0 Å². The zero-order chi connectivity index (χ0) is 16.1. The van der Waals surface area contributed by atoms with E-state index >= 15 is 0 Å². The smallest absolute Gasteiger partial charge is 0.0982 e. The molecule has 124 valence electrons. The van der Waals surface area contributed by atoms with Crippen molar-refractivity contribution in [1.29, 1.82) is 0 Å². The van der Waals surface area contributed by atoms with Crippen LogP contribution in [0.4, 0.5) is 0 Å². The van der Waals surface area contributed by atoms with Gasteiger partial charge in [-0.3, -0.25) is 14.6 Å². The van der Waals surface area contributed by atoms with Crippen molar-refractivity contribution in [3.8, 4) is 0 Å². The molecule has 1 aliphatic heterocycles. The van der Waals surface area contributed by atoms with Crippen LogP contribution in [-0.2, 0) is 17.7 Å². The summed E-state index contributed by atoms with van der Waals surface area (Å²) in [5.41, 5.74) is 3.90. The lowest BCUT2D eigenvalue weighted by molar-refractivity contribution is -0.0302. The first-order valence-corrected chi connectivity index (χ1v) is 8.52. The van der Waals surface area contributed by atoms with Crippen molar-refractivity contribution in [3.05, 3.63) is 47.5 Å². The maximum atomic E-state index is 5.93. The third kappa shape index (κ3) is 4.18. The molecule has 3 rings (SSSR count). The normalized spacial score (nSPS) is 19.1. The van der Waals surface area contributed by atoms with Gasteiger partial charge in [-0.25, -0.2) is 0 Å². The zero-order valence-electron chi connectivity index (χ0n) is 14.1. The number of hydrogen-bond acceptors (Lipinski definition) is 4. The molecule has 1 atom stereocenters. The number of morpholine rings is 1. The molecule has 0 N–H and O–H groups in total. The first-order valence-electron chi connectivity index (χ1n) is 8.52. The average Bonchev–Trinajstić information content (AvgIpc) is 3.06. The van der Waals surface area contributed by atoms with Crippen LogP contribution in [-0.4, -0.2) is 45.9 Å². The van der Waals surface area contributed by atoms with Crippen molar-refractivity contribution in [3.63, 3.8) is 0 Å². The Morgan fingerprint density at radius 2 is 2.26 bits per heavy atom. The fourth-order valence-corrected chi connectivity index (χ4v) is 3.08. The van der Waals surface area contributed by atoms with Gasteiger partial charge in [-0.05, 0) is 50.4 Å². The van der Waals surface area contributed by atoms with E-state index in [0.29, 0.717) is 0 Å². The Morgan fingerprint density at radius 1 is 1.35 bits per heavy atom. The number of aromatic nitrogens is 3. The van der Waals surface area contributed by atoms with Gasteiger partial charge < -0.3 is 4.74 Å². The lowest BCUT2D eigenvalue weighted by Crippen LogP contribution is -2.38. The number of hydrogen-bond donors (Lipinski definition) is 0. The van der Waals surface area contributed by atoms with E-state index < -0.39 is 0 Å². The number of pyridine rings is 1. The lowest BCUT2D eigenvalue weighted by Gasteiger charge is -2.32. The molecule has 5 heteroatoms. The summed E-state index contributed by atoms with van der Waals surface area (Å²) in [6.07, 6.45) is 10.3. The van der Waals surface area contributed by atoms with E-state index in [1.54, 1.807) is 0 Å². The van der Waals surface area contributed by atoms with E-state index in [-0.39, 0.29) is 6.10 Å². The zero-order valence-corrected chi connectivity index (χ0v) is 14.1. The number of ether oxygens (including phenoxy) is 1. The molecular weight excluding hydrogens is 288 g/mol. The topological polar surface area (TPSA) is 43.2 Å². The van der Waals surface area contributed by atoms with Crippen molar-refractivity contribution in [2.45, 2.75) is 39.3 Å². The fraction of sp³-hybridized carbons (Fsp3) is 0.556. The Bertz CT molecular complexity index is 625. The second-order valence-electron chi connectivity index (χ2n) is 6.20. The molecule has 1 unspecified atom stereocenters. The minimum absolute atomic E-state index is 0.157. The number of nitrogens with zero attached hydrogens (tertiary/aromatic N) is 4. The molecule has 23 heavy (non-hydrogen) atoms. The Kier molecular flexibility index (Phi) is 5.41. The van der Waals surface area contributed by atoms with Crippen LogP contribution in [0.15, 0.2) is 30.9 Å². The summed E-state index contributed by atoms with van der Waals surface area (Å²) >= 11 is 0. The maximum absolute atomic E-state index is 5.93. The van der Waals surface area contributed by atoms with Crippen LogP contribution < -0.4 is 0 Å². The van der Waals surface area contributed by atoms with Gasteiger partial charge in [-0.1, -0.05) is 0 Å². The Labute approximate surface area is 138 Å². The highest BCUT2D eigenvalue weighted by atomic mass is 16.5. The van der Waals surface area contributed by atoms with Gasteiger partial charge in [0.05, 0.1) is 18.9 Å². The predicted octanol–water partition coefficient (Wildman–Crippen LogP) is 2.61. The van der Waals surface area contributed by atoms with Crippen molar-refractivity contribution >= 4 is 0 Å². The lowest BCUT2D eigenvalue weighted by atomic mass is 10.1. The monoisotopic (exact) mass is 314 g/mol. The third-order valence-electron chi connectivity index (χ3n) is 4.57. The molecule has 3 heterocycles. The average molecular weight is 314 g/mol. The molecule has 0 saturated carbocycles. The molecular formula is C18H26N4O. The predicted molar refractivity (Wildman–Crippen MR) is 90.3 cm³/mol. The van der Waals surface area contributed by atoms with Crippen molar-refractivity contribution in [2.75, 3.05) is 26.2 Å². The Balaban J connectivity index is 1.50. The third-order valence-corrected chi connectivity index (χ3v) is 4.57. The highest BCUT2D eigenvalue weighted by molar-refractivity contribution is 5.21. The maximum Gasteiger partial charge on any atom is 0.0982 e. The summed E-state index contributed by atoms with van der Waals surface area (Å²) in [6, 6.07) is 2.09. The Morgan fingerprint density at radius 3 is 3.04 bits per heavy atom. The van der Waals surface area contributed by atoms with Crippen molar-refractivity contribution in [1.82, 2.24) is 19.7 Å². The van der Waals surface area contributed by atoms with Crippen LogP contribution in [0.2, 0.25) is 0 Å². The highest BCUT2D eigenvalue weighted by Gasteiger charge is 2.22. The summed E-state index contributed by atoms with van der Waals surface area (Å²) in [7, 11) is 0. The summed E-state index contributed by atoms with van der Waals surface area (Å²) < 4.78 is 7.89. The largest absolute Gasteiger partial charge is 0.371 e. The Hall–Kier alpha value is -1.72. The van der Waals surface area contributed by atoms with E-state index in [1.165, 1.54) is 16.7 Å². The van der Waals surface area contributed by atoms with E-state index in [9.17, 15) is 0 Å². The van der Waals surface area contributed by atoms with Gasteiger partial charge in [-0.15, -0.1) is 0 Å². The van der Waals surface area contributed by atoms with Gasteiger partial charge in [0.15, 0.2) is 0 Å². The van der Waals surface area contributed by atoms with Crippen LogP contribution in [0.3, 0.4) is 0 Å². The van der Waals surface area contributed by atoms with Crippen LogP contribution in [0.1, 0.15) is 36.1 Å².